The smallest absolute Gasteiger partial charge is 0.144 e. The van der Waals surface area contributed by atoms with Crippen LogP contribution in [0.4, 0.5) is 4.39 Å². The minimum absolute atomic E-state index is 0.0825. The lowest BCUT2D eigenvalue weighted by Crippen LogP contribution is -2.02. The maximum Gasteiger partial charge on any atom is 0.144 e. The number of alkyl halides is 1. The lowest BCUT2D eigenvalue weighted by molar-refractivity contribution is 0.629. The molecule has 3 nitrogen and oxygen atoms in total. The van der Waals surface area contributed by atoms with Gasteiger partial charge in [-0.1, -0.05) is 11.6 Å². The summed E-state index contributed by atoms with van der Waals surface area (Å²) in [6.07, 6.45) is 1.79. The lowest BCUT2D eigenvalue weighted by atomic mass is 10.3. The Kier molecular flexibility index (Phi) is 3.43. The summed E-state index contributed by atoms with van der Waals surface area (Å²) in [6, 6.07) is 2.91. The molecule has 0 N–H and O–H groups in total. The second kappa shape index (κ2) is 5.07. The Morgan fingerprint density at radius 1 is 1.37 bits per heavy atom. The minimum atomic E-state index is -0.474. The van der Waals surface area contributed by atoms with Crippen LogP contribution >= 0.6 is 34.5 Å². The Labute approximate surface area is 122 Å². The van der Waals surface area contributed by atoms with E-state index in [0.717, 1.165) is 10.4 Å². The van der Waals surface area contributed by atoms with Gasteiger partial charge in [0.15, 0.2) is 0 Å². The molecule has 3 aromatic rings. The summed E-state index contributed by atoms with van der Waals surface area (Å²) in [7, 11) is 0. The monoisotopic (exact) mass is 315 g/mol. The van der Waals surface area contributed by atoms with Gasteiger partial charge in [-0.05, 0) is 6.07 Å². The van der Waals surface area contributed by atoms with E-state index in [4.69, 9.17) is 23.2 Å². The Balaban J connectivity index is 2.17. The van der Waals surface area contributed by atoms with E-state index >= 15 is 0 Å². The van der Waals surface area contributed by atoms with Gasteiger partial charge in [0.1, 0.15) is 11.6 Å². The number of halogens is 3. The van der Waals surface area contributed by atoms with Crippen molar-refractivity contribution in [2.75, 3.05) is 0 Å². The number of fused-ring (bicyclic) bond motifs is 1. The molecule has 0 saturated heterocycles. The zero-order valence-electron chi connectivity index (χ0n) is 9.61. The first kappa shape index (κ1) is 12.8. The summed E-state index contributed by atoms with van der Waals surface area (Å²) in [5, 5.41) is 0.0825. The van der Waals surface area contributed by atoms with Crippen LogP contribution in [0.2, 0.25) is 5.02 Å². The molecule has 0 atom stereocenters. The van der Waals surface area contributed by atoms with Crippen LogP contribution < -0.4 is 0 Å². The summed E-state index contributed by atoms with van der Waals surface area (Å²) < 4.78 is 15.4. The molecule has 98 valence electrons. The van der Waals surface area contributed by atoms with Crippen molar-refractivity contribution in [1.29, 1.82) is 0 Å². The summed E-state index contributed by atoms with van der Waals surface area (Å²) in [4.78, 5) is 9.44. The van der Waals surface area contributed by atoms with Crippen LogP contribution in [-0.2, 0) is 12.4 Å². The summed E-state index contributed by atoms with van der Waals surface area (Å²) in [5.74, 6) is 0.469. The molecule has 1 aromatic carbocycles. The van der Waals surface area contributed by atoms with Gasteiger partial charge in [0.05, 0.1) is 34.0 Å². The van der Waals surface area contributed by atoms with Gasteiger partial charge in [-0.3, -0.25) is 4.98 Å². The Bertz CT molecular complexity index is 724. The fraction of sp³-hybridized carbons (Fsp3) is 0.167. The van der Waals surface area contributed by atoms with Gasteiger partial charge in [-0.15, -0.1) is 22.9 Å². The minimum Gasteiger partial charge on any atom is -0.322 e. The number of nitrogens with zero attached hydrogens (tertiary/aromatic N) is 3. The van der Waals surface area contributed by atoms with Crippen LogP contribution in [0.25, 0.3) is 11.0 Å². The molecule has 7 heteroatoms. The van der Waals surface area contributed by atoms with E-state index in [9.17, 15) is 4.39 Å². The van der Waals surface area contributed by atoms with Crippen LogP contribution in [0, 0.1) is 5.82 Å². The van der Waals surface area contributed by atoms with E-state index in [1.165, 1.54) is 6.07 Å². The largest absolute Gasteiger partial charge is 0.322 e. The van der Waals surface area contributed by atoms with Crippen molar-refractivity contribution in [3.8, 4) is 0 Å². The second-order valence-electron chi connectivity index (χ2n) is 3.97. The third-order valence-electron chi connectivity index (χ3n) is 2.79. The summed E-state index contributed by atoms with van der Waals surface area (Å²) >= 11 is 13.3. The number of benzene rings is 1. The fourth-order valence-electron chi connectivity index (χ4n) is 1.92. The molecular formula is C12H8Cl2FN3S. The SMILES string of the molecule is Fc1cc2nc(CCl)n(Cc3cncs3)c2cc1Cl. The van der Waals surface area contributed by atoms with Crippen molar-refractivity contribution in [2.45, 2.75) is 12.4 Å². The van der Waals surface area contributed by atoms with Gasteiger partial charge in [-0.2, -0.15) is 0 Å². The van der Waals surface area contributed by atoms with Crippen LogP contribution in [0.1, 0.15) is 10.7 Å². The molecule has 0 radical (unpaired) electrons. The molecule has 0 aliphatic carbocycles. The molecule has 0 unspecified atom stereocenters. The Morgan fingerprint density at radius 2 is 2.21 bits per heavy atom. The van der Waals surface area contributed by atoms with Crippen LogP contribution in [0.15, 0.2) is 23.8 Å². The number of rotatable bonds is 3. The average Bonchev–Trinajstić information content (AvgIpc) is 3.00. The van der Waals surface area contributed by atoms with Crippen molar-refractivity contribution >= 4 is 45.6 Å². The molecule has 19 heavy (non-hydrogen) atoms. The quantitative estimate of drug-likeness (QED) is 0.682. The number of aromatic nitrogens is 3. The van der Waals surface area contributed by atoms with Gasteiger partial charge in [-0.25, -0.2) is 9.37 Å². The second-order valence-corrected chi connectivity index (χ2v) is 5.62. The number of hydrogen-bond acceptors (Lipinski definition) is 3. The van der Waals surface area contributed by atoms with E-state index in [-0.39, 0.29) is 10.9 Å². The highest BCUT2D eigenvalue weighted by molar-refractivity contribution is 7.09. The van der Waals surface area contributed by atoms with Crippen molar-refractivity contribution < 1.29 is 4.39 Å². The molecule has 0 bridgehead atoms. The molecule has 0 saturated carbocycles. The molecule has 2 heterocycles. The fourth-order valence-corrected chi connectivity index (χ4v) is 2.87. The lowest BCUT2D eigenvalue weighted by Gasteiger charge is -2.05. The molecular weight excluding hydrogens is 308 g/mol. The van der Waals surface area contributed by atoms with Crippen molar-refractivity contribution in [3.05, 3.63) is 45.4 Å². The third-order valence-corrected chi connectivity index (χ3v) is 4.08. The highest BCUT2D eigenvalue weighted by atomic mass is 35.5. The van der Waals surface area contributed by atoms with Crippen molar-refractivity contribution in [1.82, 2.24) is 14.5 Å². The molecule has 0 fully saturated rings. The molecule has 0 aliphatic rings. The molecule has 0 amide bonds. The molecule has 0 aliphatic heterocycles. The number of hydrogen-bond donors (Lipinski definition) is 0. The van der Waals surface area contributed by atoms with Gasteiger partial charge in [0.25, 0.3) is 0 Å². The maximum absolute atomic E-state index is 13.4. The zero-order chi connectivity index (χ0) is 13.4. The predicted molar refractivity (Wildman–Crippen MR) is 75.5 cm³/mol. The van der Waals surface area contributed by atoms with Gasteiger partial charge < -0.3 is 4.57 Å². The topological polar surface area (TPSA) is 30.7 Å². The summed E-state index contributed by atoms with van der Waals surface area (Å²) in [6.45, 7) is 0.602. The molecule has 3 rings (SSSR count). The van der Waals surface area contributed by atoms with Crippen LogP contribution in [-0.4, -0.2) is 14.5 Å². The standard InChI is InChI=1S/C12H8Cl2FN3S/c13-3-12-17-10-2-9(15)8(14)1-11(10)18(12)5-7-4-16-6-19-7/h1-2,4,6H,3,5H2. The molecule has 2 aromatic heterocycles. The third kappa shape index (κ3) is 2.33. The summed E-state index contributed by atoms with van der Waals surface area (Å²) in [5.41, 5.74) is 3.10. The molecule has 0 spiro atoms. The first-order chi connectivity index (χ1) is 9.19. The number of thiazole rings is 1. The van der Waals surface area contributed by atoms with E-state index in [0.29, 0.717) is 17.9 Å². The zero-order valence-corrected chi connectivity index (χ0v) is 11.9. The van der Waals surface area contributed by atoms with E-state index < -0.39 is 5.82 Å². The van der Waals surface area contributed by atoms with Crippen molar-refractivity contribution in [3.63, 3.8) is 0 Å². The predicted octanol–water partition coefficient (Wildman–Crippen LogP) is 4.07. The first-order valence-corrected chi connectivity index (χ1v) is 7.25. The van der Waals surface area contributed by atoms with Gasteiger partial charge >= 0.3 is 0 Å². The maximum atomic E-state index is 13.4. The van der Waals surface area contributed by atoms with Gasteiger partial charge in [0, 0.05) is 17.1 Å². The average molecular weight is 316 g/mol. The van der Waals surface area contributed by atoms with Crippen LogP contribution in [0.5, 0.6) is 0 Å². The highest BCUT2D eigenvalue weighted by Crippen LogP contribution is 2.25. The van der Waals surface area contributed by atoms with E-state index in [2.05, 4.69) is 9.97 Å². The van der Waals surface area contributed by atoms with Gasteiger partial charge in [0.2, 0.25) is 0 Å². The highest BCUT2D eigenvalue weighted by Gasteiger charge is 2.13. The van der Waals surface area contributed by atoms with E-state index in [1.807, 2.05) is 4.57 Å². The Hall–Kier alpha value is -1.17. The first-order valence-electron chi connectivity index (χ1n) is 5.46. The normalized spacial score (nSPS) is 11.3. The number of imidazole rings is 1. The van der Waals surface area contributed by atoms with E-state index in [1.54, 1.807) is 29.1 Å². The Morgan fingerprint density at radius 3 is 2.89 bits per heavy atom. The van der Waals surface area contributed by atoms with Crippen molar-refractivity contribution in [2.24, 2.45) is 0 Å². The van der Waals surface area contributed by atoms with Crippen LogP contribution in [0.3, 0.4) is 0 Å².